The van der Waals surface area contributed by atoms with E-state index in [-0.39, 0.29) is 31.1 Å². The highest BCUT2D eigenvalue weighted by Gasteiger charge is 2.23. The van der Waals surface area contributed by atoms with Gasteiger partial charge in [-0.3, -0.25) is 14.5 Å². The molecule has 0 bridgehead atoms. The first kappa shape index (κ1) is 21.3. The zero-order chi connectivity index (χ0) is 17.6. The molecule has 0 rings (SSSR count). The molecule has 0 atom stereocenters. The molecule has 0 aliphatic heterocycles. The van der Waals surface area contributed by atoms with Crippen LogP contribution >= 0.6 is 0 Å². The van der Waals surface area contributed by atoms with E-state index in [1.165, 1.54) is 0 Å². The number of ether oxygens (including phenoxy) is 2. The molecule has 0 aliphatic rings. The second kappa shape index (κ2) is 8.83. The minimum atomic E-state index is -1.41. The molecule has 0 heterocycles. The van der Waals surface area contributed by atoms with Crippen molar-refractivity contribution in [2.75, 3.05) is 25.5 Å². The molecule has 0 radical (unpaired) electrons. The fourth-order valence-corrected chi connectivity index (χ4v) is 2.63. The Kier molecular flexibility index (Phi) is 8.57. The second-order valence-corrected chi connectivity index (χ2v) is 19.3. The van der Waals surface area contributed by atoms with Gasteiger partial charge in [0.1, 0.15) is 0 Å². The zero-order valence-electron chi connectivity index (χ0n) is 15.5. The summed E-state index contributed by atoms with van der Waals surface area (Å²) >= 11 is 0. The van der Waals surface area contributed by atoms with Gasteiger partial charge in [0, 0.05) is 6.04 Å². The van der Waals surface area contributed by atoms with Crippen LogP contribution < -0.4 is 0 Å². The van der Waals surface area contributed by atoms with Crippen LogP contribution in [-0.2, 0) is 19.1 Å². The molecule has 0 N–H and O–H groups in total. The van der Waals surface area contributed by atoms with E-state index in [2.05, 4.69) is 39.3 Å². The van der Waals surface area contributed by atoms with Crippen LogP contribution in [0.3, 0.4) is 0 Å². The Labute approximate surface area is 137 Å². The fourth-order valence-electron chi connectivity index (χ4n) is 1.44. The lowest BCUT2D eigenvalue weighted by atomic mass is 10.3. The van der Waals surface area contributed by atoms with Crippen molar-refractivity contribution in [3.8, 4) is 0 Å². The van der Waals surface area contributed by atoms with E-state index >= 15 is 0 Å². The summed E-state index contributed by atoms with van der Waals surface area (Å²) in [5.74, 6) is -0.539. The van der Waals surface area contributed by atoms with Gasteiger partial charge in [-0.1, -0.05) is 39.3 Å². The van der Waals surface area contributed by atoms with E-state index in [9.17, 15) is 9.59 Å². The Morgan fingerprint density at radius 2 is 1.14 bits per heavy atom. The third kappa shape index (κ3) is 11.9. The van der Waals surface area contributed by atoms with Gasteiger partial charge in [-0.15, -0.1) is 0 Å². The molecule has 0 saturated carbocycles. The van der Waals surface area contributed by atoms with E-state index in [4.69, 9.17) is 9.47 Å². The molecular formula is C15H33NO4Si2. The quantitative estimate of drug-likeness (QED) is 0.474. The molecule has 130 valence electrons. The Morgan fingerprint density at radius 1 is 0.818 bits per heavy atom. The monoisotopic (exact) mass is 347 g/mol. The zero-order valence-corrected chi connectivity index (χ0v) is 17.5. The van der Waals surface area contributed by atoms with Gasteiger partial charge in [-0.05, 0) is 13.8 Å². The van der Waals surface area contributed by atoms with Crippen molar-refractivity contribution >= 4 is 28.1 Å². The van der Waals surface area contributed by atoms with E-state index in [1.54, 1.807) is 4.90 Å². The summed E-state index contributed by atoms with van der Waals surface area (Å²) in [6.45, 7) is 17.1. The molecule has 22 heavy (non-hydrogen) atoms. The summed E-state index contributed by atoms with van der Waals surface area (Å²) in [5, 5.41) is 0. The largest absolute Gasteiger partial charge is 0.469 e. The first-order chi connectivity index (χ1) is 9.80. The molecule has 0 spiro atoms. The van der Waals surface area contributed by atoms with Crippen LogP contribution in [0, 0.1) is 0 Å². The Bertz CT molecular complexity index is 341. The Balaban J connectivity index is 4.37. The van der Waals surface area contributed by atoms with Crippen molar-refractivity contribution in [1.29, 1.82) is 0 Å². The van der Waals surface area contributed by atoms with E-state index in [1.807, 2.05) is 13.8 Å². The second-order valence-electron chi connectivity index (χ2n) is 8.44. The van der Waals surface area contributed by atoms with Crippen molar-refractivity contribution in [1.82, 2.24) is 4.90 Å². The predicted octanol–water partition coefficient (Wildman–Crippen LogP) is 2.54. The highest BCUT2D eigenvalue weighted by Crippen LogP contribution is 2.05. The molecular weight excluding hydrogens is 314 g/mol. The first-order valence-electron chi connectivity index (χ1n) is 7.85. The maximum absolute atomic E-state index is 11.9. The predicted molar refractivity (Wildman–Crippen MR) is 95.3 cm³/mol. The molecule has 0 aromatic carbocycles. The number of hydrogen-bond donors (Lipinski definition) is 0. The fraction of sp³-hybridized carbons (Fsp3) is 0.867. The van der Waals surface area contributed by atoms with Crippen molar-refractivity contribution < 1.29 is 19.1 Å². The smallest absolute Gasteiger partial charge is 0.319 e. The minimum Gasteiger partial charge on any atom is -0.469 e. The van der Waals surface area contributed by atoms with E-state index in [0.717, 1.165) is 0 Å². The molecule has 0 aliphatic carbocycles. The highest BCUT2D eigenvalue weighted by molar-refractivity contribution is 6.76. The molecule has 0 aromatic rings. The van der Waals surface area contributed by atoms with E-state index in [0.29, 0.717) is 12.5 Å². The molecule has 0 amide bonds. The SMILES string of the molecule is CC(C)N(CC(=O)OC[Si](C)(C)C)CC(=O)OC[Si](C)(C)C. The Morgan fingerprint density at radius 3 is 1.36 bits per heavy atom. The summed E-state index contributed by atoms with van der Waals surface area (Å²) in [4.78, 5) is 25.6. The average Bonchev–Trinajstić information content (AvgIpc) is 2.31. The number of rotatable bonds is 9. The summed E-state index contributed by atoms with van der Waals surface area (Å²) in [6, 6.07) is 0.0823. The lowest BCUT2D eigenvalue weighted by Crippen LogP contribution is -2.42. The molecule has 0 fully saturated rings. The molecule has 0 aromatic heterocycles. The maximum Gasteiger partial charge on any atom is 0.319 e. The maximum atomic E-state index is 11.9. The number of nitrogens with zero attached hydrogens (tertiary/aromatic N) is 1. The van der Waals surface area contributed by atoms with Crippen LogP contribution in [-0.4, -0.2) is 64.6 Å². The molecule has 0 unspecified atom stereocenters. The minimum absolute atomic E-state index is 0.0823. The van der Waals surface area contributed by atoms with Gasteiger partial charge in [-0.2, -0.15) is 0 Å². The van der Waals surface area contributed by atoms with Crippen LogP contribution in [0.2, 0.25) is 39.3 Å². The lowest BCUT2D eigenvalue weighted by molar-refractivity contribution is -0.147. The topological polar surface area (TPSA) is 55.8 Å². The number of carbonyl (C=O) groups excluding carboxylic acids is 2. The van der Waals surface area contributed by atoms with Gasteiger partial charge >= 0.3 is 11.9 Å². The number of hydrogen-bond acceptors (Lipinski definition) is 5. The normalized spacial score (nSPS) is 12.6. The number of carbonyl (C=O) groups is 2. The van der Waals surface area contributed by atoms with E-state index < -0.39 is 16.1 Å². The van der Waals surface area contributed by atoms with Crippen LogP contribution in [0.15, 0.2) is 0 Å². The van der Waals surface area contributed by atoms with Gasteiger partial charge in [0.05, 0.1) is 41.7 Å². The summed E-state index contributed by atoms with van der Waals surface area (Å²) in [7, 11) is -2.83. The average molecular weight is 348 g/mol. The van der Waals surface area contributed by atoms with Crippen molar-refractivity contribution in [3.05, 3.63) is 0 Å². The highest BCUT2D eigenvalue weighted by atomic mass is 28.3. The van der Waals surface area contributed by atoms with Gasteiger partial charge in [0.15, 0.2) is 0 Å². The molecule has 5 nitrogen and oxygen atoms in total. The van der Waals surface area contributed by atoms with Crippen molar-refractivity contribution in [3.63, 3.8) is 0 Å². The van der Waals surface area contributed by atoms with Crippen LogP contribution in [0.1, 0.15) is 13.8 Å². The molecule has 0 saturated heterocycles. The first-order valence-corrected chi connectivity index (χ1v) is 15.3. The van der Waals surface area contributed by atoms with Crippen molar-refractivity contribution in [2.24, 2.45) is 0 Å². The molecule has 7 heteroatoms. The summed E-state index contributed by atoms with van der Waals surface area (Å²) in [6.07, 6.45) is 1.02. The van der Waals surface area contributed by atoms with Crippen LogP contribution in [0.25, 0.3) is 0 Å². The number of esters is 2. The summed E-state index contributed by atoms with van der Waals surface area (Å²) in [5.41, 5.74) is 0. The van der Waals surface area contributed by atoms with Crippen LogP contribution in [0.5, 0.6) is 0 Å². The van der Waals surface area contributed by atoms with Crippen molar-refractivity contribution in [2.45, 2.75) is 59.2 Å². The third-order valence-corrected chi connectivity index (χ3v) is 4.75. The van der Waals surface area contributed by atoms with Gasteiger partial charge < -0.3 is 9.47 Å². The lowest BCUT2D eigenvalue weighted by Gasteiger charge is -2.26. The standard InChI is InChI=1S/C15H33NO4Si2/c1-13(2)16(9-14(17)19-11-21(3,4)5)10-15(18)20-12-22(6,7)8/h13H,9-12H2,1-8H3. The Hall–Kier alpha value is -0.666. The van der Waals surface area contributed by atoms with Crippen LogP contribution in [0.4, 0.5) is 0 Å². The van der Waals surface area contributed by atoms with Gasteiger partial charge in [0.25, 0.3) is 0 Å². The van der Waals surface area contributed by atoms with Gasteiger partial charge in [0.2, 0.25) is 0 Å². The van der Waals surface area contributed by atoms with Gasteiger partial charge in [-0.25, -0.2) is 0 Å². The summed E-state index contributed by atoms with van der Waals surface area (Å²) < 4.78 is 10.6. The third-order valence-electron chi connectivity index (χ3n) is 2.73.